The summed E-state index contributed by atoms with van der Waals surface area (Å²) in [5.41, 5.74) is 2.49. The Kier molecular flexibility index (Phi) is 8.96. The van der Waals surface area contributed by atoms with E-state index in [1.807, 2.05) is 51.1 Å². The average molecular weight is 401 g/mol. The van der Waals surface area contributed by atoms with Gasteiger partial charge >= 0.3 is 5.97 Å². The van der Waals surface area contributed by atoms with Crippen LogP contribution in [-0.2, 0) is 11.3 Å². The maximum atomic E-state index is 12.0. The van der Waals surface area contributed by atoms with E-state index in [1.54, 1.807) is 19.2 Å². The minimum Gasteiger partial charge on any atom is -0.497 e. The second kappa shape index (κ2) is 11.4. The third kappa shape index (κ3) is 7.40. The van der Waals surface area contributed by atoms with Crippen molar-refractivity contribution in [3.63, 3.8) is 0 Å². The smallest absolute Gasteiger partial charge is 0.311 e. The van der Waals surface area contributed by atoms with Gasteiger partial charge in [0, 0.05) is 25.6 Å². The summed E-state index contributed by atoms with van der Waals surface area (Å²) < 4.78 is 10.7. The van der Waals surface area contributed by atoms with E-state index in [-0.39, 0.29) is 12.0 Å². The molecule has 0 saturated heterocycles. The van der Waals surface area contributed by atoms with Crippen molar-refractivity contribution in [1.82, 2.24) is 5.32 Å². The Balaban J connectivity index is 2.17. The first-order chi connectivity index (χ1) is 13.9. The third-order valence-corrected chi connectivity index (χ3v) is 4.43. The predicted molar refractivity (Wildman–Crippen MR) is 115 cm³/mol. The highest BCUT2D eigenvalue weighted by Crippen LogP contribution is 2.29. The van der Waals surface area contributed by atoms with Crippen molar-refractivity contribution in [2.75, 3.05) is 19.0 Å². The average Bonchev–Trinajstić information content (AvgIpc) is 2.71. The first-order valence-electron chi connectivity index (χ1n) is 10.1. The van der Waals surface area contributed by atoms with Gasteiger partial charge in [-0.1, -0.05) is 39.0 Å². The fourth-order valence-corrected chi connectivity index (χ4v) is 2.77. The van der Waals surface area contributed by atoms with Crippen LogP contribution in [0.2, 0.25) is 0 Å². The van der Waals surface area contributed by atoms with Gasteiger partial charge in [-0.05, 0) is 41.8 Å². The molecular weight excluding hydrogens is 368 g/mol. The molecule has 0 radical (unpaired) electrons. The Bertz CT molecular complexity index is 775. The highest BCUT2D eigenvalue weighted by Gasteiger charge is 2.14. The first kappa shape index (κ1) is 22.7. The largest absolute Gasteiger partial charge is 0.497 e. The summed E-state index contributed by atoms with van der Waals surface area (Å²) in [5.74, 6) is 0.991. The van der Waals surface area contributed by atoms with Crippen molar-refractivity contribution in [2.45, 2.75) is 52.3 Å². The summed E-state index contributed by atoms with van der Waals surface area (Å²) in [4.78, 5) is 12.0. The zero-order valence-corrected chi connectivity index (χ0v) is 17.7. The van der Waals surface area contributed by atoms with Gasteiger partial charge in [-0.3, -0.25) is 4.79 Å². The monoisotopic (exact) mass is 400 g/mol. The number of esters is 1. The van der Waals surface area contributed by atoms with Crippen LogP contribution in [0.5, 0.6) is 11.5 Å². The molecule has 29 heavy (non-hydrogen) atoms. The van der Waals surface area contributed by atoms with Crippen molar-refractivity contribution >= 4 is 11.7 Å². The van der Waals surface area contributed by atoms with Crippen molar-refractivity contribution in [3.8, 4) is 11.5 Å². The lowest BCUT2D eigenvalue weighted by Crippen LogP contribution is -2.27. The third-order valence-electron chi connectivity index (χ3n) is 4.43. The lowest BCUT2D eigenvalue weighted by atomic mass is 10.1. The standard InChI is InChI=1S/C23H32N2O4/c1-5-6-23(27)29-22-12-9-18(21(26)15-24-16(2)3)13-20(22)25-14-17-7-10-19(28-4)11-8-17/h7-13,16,21,24-26H,5-6,14-15H2,1-4H3. The molecule has 0 fully saturated rings. The number of anilines is 1. The molecule has 0 amide bonds. The van der Waals surface area contributed by atoms with Crippen LogP contribution in [0.3, 0.4) is 0 Å². The van der Waals surface area contributed by atoms with Crippen molar-refractivity contribution < 1.29 is 19.4 Å². The molecule has 6 heteroatoms. The van der Waals surface area contributed by atoms with E-state index in [9.17, 15) is 9.90 Å². The van der Waals surface area contributed by atoms with Crippen LogP contribution < -0.4 is 20.1 Å². The van der Waals surface area contributed by atoms with E-state index in [2.05, 4.69) is 10.6 Å². The molecule has 2 aromatic carbocycles. The van der Waals surface area contributed by atoms with Gasteiger partial charge in [0.1, 0.15) is 5.75 Å². The molecular formula is C23H32N2O4. The van der Waals surface area contributed by atoms with E-state index in [0.717, 1.165) is 23.3 Å². The molecule has 1 unspecified atom stereocenters. The van der Waals surface area contributed by atoms with Gasteiger partial charge < -0.3 is 25.2 Å². The van der Waals surface area contributed by atoms with Crippen LogP contribution in [0.25, 0.3) is 0 Å². The number of hydrogen-bond donors (Lipinski definition) is 3. The predicted octanol–water partition coefficient (Wildman–Crippen LogP) is 4.04. The molecule has 0 saturated carbocycles. The fourth-order valence-electron chi connectivity index (χ4n) is 2.77. The van der Waals surface area contributed by atoms with Crippen LogP contribution in [0.1, 0.15) is 50.8 Å². The van der Waals surface area contributed by atoms with Gasteiger partial charge in [-0.2, -0.15) is 0 Å². The zero-order chi connectivity index (χ0) is 21.2. The van der Waals surface area contributed by atoms with Gasteiger partial charge in [0.25, 0.3) is 0 Å². The summed E-state index contributed by atoms with van der Waals surface area (Å²) in [6.07, 6.45) is 0.436. The molecule has 0 aliphatic heterocycles. The number of aliphatic hydroxyl groups is 1. The molecule has 0 aliphatic rings. The highest BCUT2D eigenvalue weighted by molar-refractivity contribution is 5.75. The maximum Gasteiger partial charge on any atom is 0.311 e. The number of nitrogens with one attached hydrogen (secondary N) is 2. The van der Waals surface area contributed by atoms with Crippen LogP contribution >= 0.6 is 0 Å². The zero-order valence-electron chi connectivity index (χ0n) is 17.7. The van der Waals surface area contributed by atoms with E-state index in [4.69, 9.17) is 9.47 Å². The second-order valence-electron chi connectivity index (χ2n) is 7.26. The quantitative estimate of drug-likeness (QED) is 0.390. The molecule has 3 N–H and O–H groups in total. The van der Waals surface area contributed by atoms with Crippen LogP contribution in [0.15, 0.2) is 42.5 Å². The molecule has 0 aromatic heterocycles. The fraction of sp³-hybridized carbons (Fsp3) is 0.435. The normalized spacial score (nSPS) is 11.9. The van der Waals surface area contributed by atoms with Crippen molar-refractivity contribution in [1.29, 1.82) is 0 Å². The number of ether oxygens (including phenoxy) is 2. The lowest BCUT2D eigenvalue weighted by molar-refractivity contribution is -0.134. The molecule has 158 valence electrons. The number of benzene rings is 2. The highest BCUT2D eigenvalue weighted by atomic mass is 16.5. The number of methoxy groups -OCH3 is 1. The van der Waals surface area contributed by atoms with E-state index < -0.39 is 6.10 Å². The van der Waals surface area contributed by atoms with Gasteiger partial charge in [0.05, 0.1) is 18.9 Å². The Morgan fingerprint density at radius 3 is 2.48 bits per heavy atom. The minimum atomic E-state index is -0.653. The minimum absolute atomic E-state index is 0.269. The number of carbonyl (C=O) groups excluding carboxylic acids is 1. The molecule has 2 aromatic rings. The molecule has 0 aliphatic carbocycles. The van der Waals surface area contributed by atoms with Gasteiger partial charge in [0.2, 0.25) is 0 Å². The number of hydrogen-bond acceptors (Lipinski definition) is 6. The number of rotatable bonds is 11. The molecule has 0 spiro atoms. The summed E-state index contributed by atoms with van der Waals surface area (Å²) >= 11 is 0. The summed E-state index contributed by atoms with van der Waals surface area (Å²) in [7, 11) is 1.63. The van der Waals surface area contributed by atoms with Crippen LogP contribution in [-0.4, -0.2) is 30.8 Å². The molecule has 0 heterocycles. The van der Waals surface area contributed by atoms with E-state index >= 15 is 0 Å². The summed E-state index contributed by atoms with van der Waals surface area (Å²) in [6.45, 7) is 7.00. The summed E-state index contributed by atoms with van der Waals surface area (Å²) in [6, 6.07) is 13.4. The lowest BCUT2D eigenvalue weighted by Gasteiger charge is -2.18. The topological polar surface area (TPSA) is 79.8 Å². The molecule has 1 atom stereocenters. The SMILES string of the molecule is CCCC(=O)Oc1ccc(C(O)CNC(C)C)cc1NCc1ccc(OC)cc1. The number of carbonyl (C=O) groups is 1. The van der Waals surface area contributed by atoms with Crippen molar-refractivity contribution in [3.05, 3.63) is 53.6 Å². The second-order valence-corrected chi connectivity index (χ2v) is 7.26. The Morgan fingerprint density at radius 2 is 1.86 bits per heavy atom. The Morgan fingerprint density at radius 1 is 1.14 bits per heavy atom. The van der Waals surface area contributed by atoms with Gasteiger partial charge in [-0.25, -0.2) is 0 Å². The molecule has 0 bridgehead atoms. The van der Waals surface area contributed by atoms with Gasteiger partial charge in [0.15, 0.2) is 5.75 Å². The number of aliphatic hydroxyl groups excluding tert-OH is 1. The summed E-state index contributed by atoms with van der Waals surface area (Å²) in [5, 5.41) is 17.0. The van der Waals surface area contributed by atoms with Crippen molar-refractivity contribution in [2.24, 2.45) is 0 Å². The van der Waals surface area contributed by atoms with Crippen LogP contribution in [0, 0.1) is 0 Å². The maximum absolute atomic E-state index is 12.0. The van der Waals surface area contributed by atoms with Gasteiger partial charge in [-0.15, -0.1) is 0 Å². The molecule has 2 rings (SSSR count). The van der Waals surface area contributed by atoms with E-state index in [1.165, 1.54) is 0 Å². The molecule has 6 nitrogen and oxygen atoms in total. The van der Waals surface area contributed by atoms with E-state index in [0.29, 0.717) is 30.9 Å². The Hall–Kier alpha value is -2.57. The Labute approximate surface area is 173 Å². The first-order valence-corrected chi connectivity index (χ1v) is 10.1. The van der Waals surface area contributed by atoms with Crippen LogP contribution in [0.4, 0.5) is 5.69 Å².